The highest BCUT2D eigenvalue weighted by Gasteiger charge is 2.47. The molecule has 2 heterocycles. The Morgan fingerprint density at radius 2 is 1.95 bits per heavy atom. The van der Waals surface area contributed by atoms with Crippen molar-refractivity contribution in [2.45, 2.75) is 64.6 Å². The minimum Gasteiger partial charge on any atom is -0.360 e. The molecule has 20 heavy (non-hydrogen) atoms. The lowest BCUT2D eigenvalue weighted by Crippen LogP contribution is -2.66. The molecule has 0 atom stereocenters. The Morgan fingerprint density at radius 3 is 2.40 bits per heavy atom. The molecule has 112 valence electrons. The van der Waals surface area contributed by atoms with Gasteiger partial charge in [0.15, 0.2) is 5.82 Å². The number of anilines is 1. The molecule has 0 aliphatic carbocycles. The third kappa shape index (κ3) is 2.80. The molecule has 1 aromatic rings. The van der Waals surface area contributed by atoms with Gasteiger partial charge in [0, 0.05) is 23.2 Å². The van der Waals surface area contributed by atoms with Crippen LogP contribution in [-0.2, 0) is 0 Å². The number of hydrogen-bond acceptors (Lipinski definition) is 4. The number of carbonyl (C=O) groups excluding carboxylic acids is 1. The molecule has 0 spiro atoms. The number of nitrogens with two attached hydrogens (primary N) is 1. The maximum absolute atomic E-state index is 12.6. The van der Waals surface area contributed by atoms with E-state index < -0.39 is 0 Å². The van der Waals surface area contributed by atoms with Crippen LogP contribution in [0.15, 0.2) is 10.6 Å². The van der Waals surface area contributed by atoms with Crippen molar-refractivity contribution in [3.05, 3.63) is 11.8 Å². The van der Waals surface area contributed by atoms with Crippen molar-refractivity contribution in [2.75, 3.05) is 5.32 Å². The first-order chi connectivity index (χ1) is 9.12. The van der Waals surface area contributed by atoms with E-state index in [1.165, 1.54) is 0 Å². The molecule has 6 nitrogen and oxygen atoms in total. The highest BCUT2D eigenvalue weighted by Crippen LogP contribution is 2.38. The number of nitrogens with one attached hydrogen (secondary N) is 1. The van der Waals surface area contributed by atoms with Crippen molar-refractivity contribution in [1.82, 2.24) is 10.1 Å². The third-order valence-corrected chi connectivity index (χ3v) is 3.80. The Kier molecular flexibility index (Phi) is 3.54. The van der Waals surface area contributed by atoms with E-state index in [0.29, 0.717) is 11.6 Å². The van der Waals surface area contributed by atoms with Gasteiger partial charge in [0.25, 0.3) is 0 Å². The summed E-state index contributed by atoms with van der Waals surface area (Å²) >= 11 is 0. The second-order valence-corrected chi connectivity index (χ2v) is 6.88. The number of amides is 2. The van der Waals surface area contributed by atoms with Crippen LogP contribution < -0.4 is 11.1 Å². The lowest BCUT2D eigenvalue weighted by Gasteiger charge is -2.54. The molecule has 0 saturated carbocycles. The van der Waals surface area contributed by atoms with E-state index in [4.69, 9.17) is 10.3 Å². The van der Waals surface area contributed by atoms with Gasteiger partial charge in [-0.3, -0.25) is 5.32 Å². The molecule has 1 fully saturated rings. The van der Waals surface area contributed by atoms with Crippen LogP contribution in [0.3, 0.4) is 0 Å². The number of likely N-dealkylation sites (tertiary alicyclic amines) is 1. The molecule has 1 aliphatic heterocycles. The average Bonchev–Trinajstić information content (AvgIpc) is 2.58. The summed E-state index contributed by atoms with van der Waals surface area (Å²) in [6, 6.07) is 1.65. The molecular weight excluding hydrogens is 256 g/mol. The summed E-state index contributed by atoms with van der Waals surface area (Å²) < 4.78 is 4.97. The lowest BCUT2D eigenvalue weighted by atomic mass is 9.77. The summed E-state index contributed by atoms with van der Waals surface area (Å²) in [6.45, 7) is 9.96. The number of carbonyl (C=O) groups is 1. The number of nitrogens with zero attached hydrogens (tertiary/aromatic N) is 2. The highest BCUT2D eigenvalue weighted by molar-refractivity contribution is 5.89. The smallest absolute Gasteiger partial charge is 0.323 e. The van der Waals surface area contributed by atoms with Crippen LogP contribution in [-0.4, -0.2) is 33.2 Å². The fourth-order valence-electron chi connectivity index (χ4n) is 3.50. The number of urea groups is 1. The van der Waals surface area contributed by atoms with Gasteiger partial charge in [-0.15, -0.1) is 0 Å². The zero-order chi connectivity index (χ0) is 15.1. The summed E-state index contributed by atoms with van der Waals surface area (Å²) in [5.74, 6) is 1.11. The van der Waals surface area contributed by atoms with Gasteiger partial charge < -0.3 is 15.2 Å². The number of aromatic nitrogens is 1. The van der Waals surface area contributed by atoms with Crippen molar-refractivity contribution < 1.29 is 9.32 Å². The first-order valence-corrected chi connectivity index (χ1v) is 6.92. The Hall–Kier alpha value is -1.56. The molecule has 6 heteroatoms. The maximum Gasteiger partial charge on any atom is 0.323 e. The van der Waals surface area contributed by atoms with Crippen molar-refractivity contribution in [2.24, 2.45) is 5.73 Å². The molecule has 3 N–H and O–H groups in total. The first kappa shape index (κ1) is 14.8. The number of aryl methyl sites for hydroxylation is 1. The Balaban J connectivity index is 2.22. The maximum atomic E-state index is 12.6. The molecule has 2 rings (SSSR count). The van der Waals surface area contributed by atoms with E-state index in [9.17, 15) is 4.79 Å². The van der Waals surface area contributed by atoms with Crippen LogP contribution in [0.25, 0.3) is 0 Å². The molecule has 1 aromatic heterocycles. The number of piperidine rings is 1. The second-order valence-electron chi connectivity index (χ2n) is 6.88. The summed E-state index contributed by atoms with van der Waals surface area (Å²) in [7, 11) is 0. The fourth-order valence-corrected chi connectivity index (χ4v) is 3.50. The molecule has 0 radical (unpaired) electrons. The summed E-state index contributed by atoms with van der Waals surface area (Å²) in [5, 5.41) is 6.60. The molecule has 1 aliphatic rings. The minimum absolute atomic E-state index is 0.110. The van der Waals surface area contributed by atoms with Gasteiger partial charge in [-0.25, -0.2) is 4.79 Å². The van der Waals surface area contributed by atoms with Crippen molar-refractivity contribution in [1.29, 1.82) is 0 Å². The lowest BCUT2D eigenvalue weighted by molar-refractivity contribution is 0.00871. The molecule has 0 bridgehead atoms. The molecule has 2 amide bonds. The summed E-state index contributed by atoms with van der Waals surface area (Å²) in [4.78, 5) is 14.5. The Bertz CT molecular complexity index is 489. The van der Waals surface area contributed by atoms with Gasteiger partial charge in [0.1, 0.15) is 5.76 Å². The van der Waals surface area contributed by atoms with E-state index in [1.807, 2.05) is 32.6 Å². The highest BCUT2D eigenvalue weighted by atomic mass is 16.5. The SMILES string of the molecule is Cc1cc(NC(=O)N2C(C)(C)CC(N)CC2(C)C)no1. The van der Waals surface area contributed by atoms with E-state index in [0.717, 1.165) is 12.8 Å². The monoisotopic (exact) mass is 280 g/mol. The van der Waals surface area contributed by atoms with E-state index in [2.05, 4.69) is 10.5 Å². The number of rotatable bonds is 1. The minimum atomic E-state index is -0.302. The van der Waals surface area contributed by atoms with E-state index in [1.54, 1.807) is 13.0 Å². The van der Waals surface area contributed by atoms with Crippen molar-refractivity contribution in [3.8, 4) is 0 Å². The topological polar surface area (TPSA) is 84.4 Å². The van der Waals surface area contributed by atoms with Gasteiger partial charge in [-0.05, 0) is 47.5 Å². The molecule has 0 aromatic carbocycles. The van der Waals surface area contributed by atoms with Crippen LogP contribution in [0, 0.1) is 6.92 Å². The average molecular weight is 280 g/mol. The number of hydrogen-bond donors (Lipinski definition) is 2. The fraction of sp³-hybridized carbons (Fsp3) is 0.714. The standard InChI is InChI=1S/C14H24N4O2/c1-9-6-11(17-20-9)16-12(19)18-13(2,3)7-10(15)8-14(18,4)5/h6,10H,7-8,15H2,1-5H3,(H,16,17,19). The van der Waals surface area contributed by atoms with Gasteiger partial charge in [0.05, 0.1) is 0 Å². The van der Waals surface area contributed by atoms with Crippen LogP contribution in [0.5, 0.6) is 0 Å². The predicted octanol–water partition coefficient (Wildman–Crippen LogP) is 2.50. The van der Waals surface area contributed by atoms with Gasteiger partial charge >= 0.3 is 6.03 Å². The predicted molar refractivity (Wildman–Crippen MR) is 77.5 cm³/mol. The molecule has 0 unspecified atom stereocenters. The normalized spacial score (nSPS) is 21.8. The van der Waals surface area contributed by atoms with E-state index >= 15 is 0 Å². The van der Waals surface area contributed by atoms with Crippen LogP contribution in [0.1, 0.15) is 46.3 Å². The zero-order valence-corrected chi connectivity index (χ0v) is 12.9. The Labute approximate surface area is 119 Å². The summed E-state index contributed by atoms with van der Waals surface area (Å²) in [6.07, 6.45) is 1.56. The molecule has 1 saturated heterocycles. The third-order valence-electron chi connectivity index (χ3n) is 3.80. The first-order valence-electron chi connectivity index (χ1n) is 6.92. The molecular formula is C14H24N4O2. The van der Waals surface area contributed by atoms with Crippen LogP contribution >= 0.6 is 0 Å². The quantitative estimate of drug-likeness (QED) is 0.827. The van der Waals surface area contributed by atoms with Crippen molar-refractivity contribution >= 4 is 11.8 Å². The van der Waals surface area contributed by atoms with Gasteiger partial charge in [0.2, 0.25) is 0 Å². The van der Waals surface area contributed by atoms with E-state index in [-0.39, 0.29) is 23.2 Å². The van der Waals surface area contributed by atoms with Gasteiger partial charge in [-0.1, -0.05) is 5.16 Å². The largest absolute Gasteiger partial charge is 0.360 e. The van der Waals surface area contributed by atoms with Crippen molar-refractivity contribution in [3.63, 3.8) is 0 Å². The van der Waals surface area contributed by atoms with Crippen LogP contribution in [0.4, 0.5) is 10.6 Å². The second kappa shape index (κ2) is 4.77. The zero-order valence-electron chi connectivity index (χ0n) is 12.9. The van der Waals surface area contributed by atoms with Crippen LogP contribution in [0.2, 0.25) is 0 Å². The van der Waals surface area contributed by atoms with Gasteiger partial charge in [-0.2, -0.15) is 0 Å². The Morgan fingerprint density at radius 1 is 1.40 bits per heavy atom. The summed E-state index contributed by atoms with van der Waals surface area (Å²) in [5.41, 5.74) is 5.52.